The van der Waals surface area contributed by atoms with E-state index in [1.807, 2.05) is 19.1 Å². The Hall–Kier alpha value is -2.03. The van der Waals surface area contributed by atoms with Crippen molar-refractivity contribution in [3.63, 3.8) is 0 Å². The lowest BCUT2D eigenvalue weighted by Gasteiger charge is -2.25. The van der Waals surface area contributed by atoms with Crippen LogP contribution in [0.25, 0.3) is 0 Å². The average molecular weight is 360 g/mol. The summed E-state index contributed by atoms with van der Waals surface area (Å²) in [6.45, 7) is 3.81. The van der Waals surface area contributed by atoms with Gasteiger partial charge in [0.1, 0.15) is 11.9 Å². The molecule has 1 aromatic rings. The van der Waals surface area contributed by atoms with Crippen molar-refractivity contribution in [2.45, 2.75) is 44.8 Å². The molecule has 25 heavy (non-hydrogen) atoms. The lowest BCUT2D eigenvalue weighted by molar-refractivity contribution is 0.162. The molecular formula is C19H22ClN3O2. The minimum atomic E-state index is -0.128. The Labute approximate surface area is 152 Å². The normalized spacial score (nSPS) is 19.6. The fourth-order valence-corrected chi connectivity index (χ4v) is 3.47. The van der Waals surface area contributed by atoms with E-state index in [1.165, 1.54) is 6.07 Å². The molecule has 5 nitrogen and oxygen atoms in total. The molecule has 1 fully saturated rings. The van der Waals surface area contributed by atoms with Crippen molar-refractivity contribution in [2.24, 2.45) is 0 Å². The molecule has 0 bridgehead atoms. The Kier molecular flexibility index (Phi) is 5.62. The van der Waals surface area contributed by atoms with Gasteiger partial charge in [0.25, 0.3) is 5.56 Å². The van der Waals surface area contributed by atoms with Crippen LogP contribution in [0.3, 0.4) is 0 Å². The van der Waals surface area contributed by atoms with Gasteiger partial charge < -0.3 is 14.6 Å². The fraction of sp³-hybridized carbons (Fsp3) is 0.474. The van der Waals surface area contributed by atoms with Gasteiger partial charge in [-0.1, -0.05) is 17.7 Å². The summed E-state index contributed by atoms with van der Waals surface area (Å²) in [7, 11) is 0. The Morgan fingerprint density at radius 2 is 2.12 bits per heavy atom. The predicted octanol–water partition coefficient (Wildman–Crippen LogP) is 3.36. The topological polar surface area (TPSA) is 67.1 Å². The van der Waals surface area contributed by atoms with Crippen LogP contribution in [0.5, 0.6) is 5.75 Å². The molecular weight excluding hydrogens is 338 g/mol. The SMILES string of the molecule is CC(C1=CC=C(C#N)CC1)n1cc(Cl)c(OC2CCNCC2)cc1=O. The van der Waals surface area contributed by atoms with Crippen molar-refractivity contribution in [1.82, 2.24) is 9.88 Å². The zero-order chi connectivity index (χ0) is 17.8. The van der Waals surface area contributed by atoms with Gasteiger partial charge in [-0.15, -0.1) is 0 Å². The number of rotatable bonds is 4. The molecule has 1 aliphatic carbocycles. The average Bonchev–Trinajstić information content (AvgIpc) is 2.65. The van der Waals surface area contributed by atoms with Crippen molar-refractivity contribution in [2.75, 3.05) is 13.1 Å². The number of piperidine rings is 1. The number of pyridine rings is 1. The highest BCUT2D eigenvalue weighted by atomic mass is 35.5. The van der Waals surface area contributed by atoms with Crippen LogP contribution < -0.4 is 15.6 Å². The minimum Gasteiger partial charge on any atom is -0.489 e. The van der Waals surface area contributed by atoms with Gasteiger partial charge in [0, 0.05) is 17.8 Å². The first-order chi connectivity index (χ1) is 12.1. The summed E-state index contributed by atoms with van der Waals surface area (Å²) in [6, 6.07) is 3.56. The van der Waals surface area contributed by atoms with E-state index < -0.39 is 0 Å². The lowest BCUT2D eigenvalue weighted by atomic mass is 9.94. The summed E-state index contributed by atoms with van der Waals surface area (Å²) in [5, 5.41) is 12.7. The molecule has 1 unspecified atom stereocenters. The first kappa shape index (κ1) is 17.8. The number of nitriles is 1. The molecule has 2 heterocycles. The Morgan fingerprint density at radius 1 is 1.36 bits per heavy atom. The number of allylic oxidation sites excluding steroid dienone is 4. The van der Waals surface area contributed by atoms with Crippen LogP contribution in [0, 0.1) is 11.3 Å². The van der Waals surface area contributed by atoms with E-state index >= 15 is 0 Å². The van der Waals surface area contributed by atoms with Crippen LogP contribution in [0.2, 0.25) is 5.02 Å². The maximum atomic E-state index is 12.6. The van der Waals surface area contributed by atoms with Crippen LogP contribution in [0.15, 0.2) is 40.4 Å². The van der Waals surface area contributed by atoms with E-state index in [2.05, 4.69) is 11.4 Å². The summed E-state index contributed by atoms with van der Waals surface area (Å²) >= 11 is 6.37. The molecule has 0 radical (unpaired) electrons. The highest BCUT2D eigenvalue weighted by molar-refractivity contribution is 6.31. The third kappa shape index (κ3) is 4.15. The van der Waals surface area contributed by atoms with Gasteiger partial charge in [-0.05, 0) is 57.3 Å². The zero-order valence-electron chi connectivity index (χ0n) is 14.3. The molecule has 0 aromatic carbocycles. The number of aromatic nitrogens is 1. The molecule has 0 amide bonds. The van der Waals surface area contributed by atoms with E-state index in [0.29, 0.717) is 17.2 Å². The monoisotopic (exact) mass is 359 g/mol. The number of nitrogens with zero attached hydrogens (tertiary/aromatic N) is 2. The molecule has 0 spiro atoms. The molecule has 6 heteroatoms. The standard InChI is InChI=1S/C19H22ClN3O2/c1-13(15-4-2-14(11-21)3-5-15)23-12-17(20)18(10-19(23)24)25-16-6-8-22-9-7-16/h2,4,10,12-13,16,22H,3,5-9H2,1H3. The maximum Gasteiger partial charge on any atom is 0.254 e. The first-order valence-electron chi connectivity index (χ1n) is 8.67. The molecule has 1 aromatic heterocycles. The van der Waals surface area contributed by atoms with E-state index in [0.717, 1.165) is 43.5 Å². The highest BCUT2D eigenvalue weighted by Crippen LogP contribution is 2.30. The minimum absolute atomic E-state index is 0.0991. The zero-order valence-corrected chi connectivity index (χ0v) is 15.1. The van der Waals surface area contributed by atoms with E-state index in [4.69, 9.17) is 21.6 Å². The Morgan fingerprint density at radius 3 is 2.76 bits per heavy atom. The van der Waals surface area contributed by atoms with Gasteiger partial charge in [-0.3, -0.25) is 4.79 Å². The summed E-state index contributed by atoms with van der Waals surface area (Å²) < 4.78 is 7.56. The second kappa shape index (κ2) is 7.90. The van der Waals surface area contributed by atoms with Crippen molar-refractivity contribution in [3.8, 4) is 11.8 Å². The molecule has 3 rings (SSSR count). The van der Waals surface area contributed by atoms with Gasteiger partial charge in [-0.2, -0.15) is 5.26 Å². The third-order valence-electron chi connectivity index (χ3n) is 4.86. The van der Waals surface area contributed by atoms with E-state index in [-0.39, 0.29) is 17.7 Å². The van der Waals surface area contributed by atoms with Gasteiger partial charge >= 0.3 is 0 Å². The van der Waals surface area contributed by atoms with Crippen LogP contribution in [-0.2, 0) is 0 Å². The van der Waals surface area contributed by atoms with Crippen molar-refractivity contribution in [1.29, 1.82) is 5.26 Å². The second-order valence-electron chi connectivity index (χ2n) is 6.52. The summed E-state index contributed by atoms with van der Waals surface area (Å²) in [6.07, 6.45) is 8.84. The number of ether oxygens (including phenoxy) is 1. The van der Waals surface area contributed by atoms with Gasteiger partial charge in [-0.25, -0.2) is 0 Å². The number of hydrogen-bond acceptors (Lipinski definition) is 4. The first-order valence-corrected chi connectivity index (χ1v) is 9.05. The largest absolute Gasteiger partial charge is 0.489 e. The number of halogens is 1. The van der Waals surface area contributed by atoms with Gasteiger partial charge in [0.15, 0.2) is 0 Å². The summed E-state index contributed by atoms with van der Waals surface area (Å²) in [5.41, 5.74) is 1.76. The predicted molar refractivity (Wildman–Crippen MR) is 98.0 cm³/mol. The fourth-order valence-electron chi connectivity index (χ4n) is 3.26. The molecule has 132 valence electrons. The van der Waals surface area contributed by atoms with E-state index in [9.17, 15) is 4.79 Å². The molecule has 1 saturated heterocycles. The highest BCUT2D eigenvalue weighted by Gasteiger charge is 2.20. The molecule has 2 aliphatic rings. The molecule has 1 N–H and O–H groups in total. The number of hydrogen-bond donors (Lipinski definition) is 1. The Bertz CT molecular complexity index is 798. The Balaban J connectivity index is 1.80. The van der Waals surface area contributed by atoms with Crippen LogP contribution in [-0.4, -0.2) is 23.8 Å². The van der Waals surface area contributed by atoms with Crippen molar-refractivity contribution in [3.05, 3.63) is 50.9 Å². The molecule has 1 atom stereocenters. The smallest absolute Gasteiger partial charge is 0.254 e. The third-order valence-corrected chi connectivity index (χ3v) is 5.14. The van der Waals surface area contributed by atoms with E-state index in [1.54, 1.807) is 10.8 Å². The van der Waals surface area contributed by atoms with Gasteiger partial charge in [0.2, 0.25) is 0 Å². The van der Waals surface area contributed by atoms with Crippen LogP contribution in [0.1, 0.15) is 38.6 Å². The van der Waals surface area contributed by atoms with Crippen LogP contribution in [0.4, 0.5) is 0 Å². The molecule has 1 aliphatic heterocycles. The molecule has 0 saturated carbocycles. The van der Waals surface area contributed by atoms with Crippen molar-refractivity contribution < 1.29 is 4.74 Å². The van der Waals surface area contributed by atoms with Crippen molar-refractivity contribution >= 4 is 11.6 Å². The quantitative estimate of drug-likeness (QED) is 0.895. The second-order valence-corrected chi connectivity index (χ2v) is 6.93. The summed E-state index contributed by atoms with van der Waals surface area (Å²) in [5.74, 6) is 0.464. The maximum absolute atomic E-state index is 12.6. The van der Waals surface area contributed by atoms with Gasteiger partial charge in [0.05, 0.1) is 17.1 Å². The number of nitrogens with one attached hydrogen (secondary N) is 1. The summed E-state index contributed by atoms with van der Waals surface area (Å²) in [4.78, 5) is 12.6. The lowest BCUT2D eigenvalue weighted by Crippen LogP contribution is -2.34. The van der Waals surface area contributed by atoms with Crippen LogP contribution >= 0.6 is 11.6 Å².